The Balaban J connectivity index is 1.98. The molecule has 0 unspecified atom stereocenters. The van der Waals surface area contributed by atoms with Crippen molar-refractivity contribution in [1.82, 2.24) is 0 Å². The number of rotatable bonds is 2. The second-order valence-corrected chi connectivity index (χ2v) is 6.55. The molecule has 0 amide bonds. The fourth-order valence-electron chi connectivity index (χ4n) is 3.23. The smallest absolute Gasteiger partial charge is 0.0118 e. The summed E-state index contributed by atoms with van der Waals surface area (Å²) in [4.78, 5) is 0. The van der Waals surface area contributed by atoms with E-state index in [0.29, 0.717) is 11.8 Å². The van der Waals surface area contributed by atoms with Gasteiger partial charge in [0.2, 0.25) is 0 Å². The van der Waals surface area contributed by atoms with Crippen LogP contribution in [0, 0.1) is 25.7 Å². The molecule has 0 N–H and O–H groups in total. The van der Waals surface area contributed by atoms with Gasteiger partial charge in [-0.25, -0.2) is 0 Å². The molecule has 0 bridgehead atoms. The molecular formula is C22H24. The van der Waals surface area contributed by atoms with E-state index in [1.807, 2.05) is 0 Å². The highest BCUT2D eigenvalue weighted by atomic mass is 14.3. The highest BCUT2D eigenvalue weighted by Gasteiger charge is 2.24. The molecule has 0 radical (unpaired) electrons. The van der Waals surface area contributed by atoms with Crippen molar-refractivity contribution in [3.05, 3.63) is 82.9 Å². The van der Waals surface area contributed by atoms with Crippen molar-refractivity contribution < 1.29 is 0 Å². The zero-order valence-corrected chi connectivity index (χ0v) is 13.9. The molecule has 0 spiro atoms. The van der Waals surface area contributed by atoms with Crippen LogP contribution in [0.4, 0.5) is 0 Å². The first-order valence-electron chi connectivity index (χ1n) is 8.12. The lowest BCUT2D eigenvalue weighted by Gasteiger charge is -2.29. The number of aryl methyl sites for hydroxylation is 2. The van der Waals surface area contributed by atoms with E-state index in [2.05, 4.69) is 88.4 Å². The minimum absolute atomic E-state index is 0.531. The predicted octanol–water partition coefficient (Wildman–Crippen LogP) is 6.06. The summed E-state index contributed by atoms with van der Waals surface area (Å²) in [5.41, 5.74) is 8.23. The van der Waals surface area contributed by atoms with Gasteiger partial charge in [0, 0.05) is 0 Å². The van der Waals surface area contributed by atoms with Crippen molar-refractivity contribution >= 4 is 11.1 Å². The molecule has 0 heterocycles. The Morgan fingerprint density at radius 3 is 1.18 bits per heavy atom. The highest BCUT2D eigenvalue weighted by molar-refractivity contribution is 5.80. The van der Waals surface area contributed by atoms with Crippen molar-refractivity contribution in [2.75, 3.05) is 0 Å². The average Bonchev–Trinajstić information content (AvgIpc) is 2.52. The summed E-state index contributed by atoms with van der Waals surface area (Å²) in [6.45, 7) is 8.97. The lowest BCUT2D eigenvalue weighted by Crippen LogP contribution is -2.15. The van der Waals surface area contributed by atoms with Crippen LogP contribution in [0.5, 0.6) is 0 Å². The summed E-state index contributed by atoms with van der Waals surface area (Å²) in [6.07, 6.45) is 4.62. The molecule has 0 saturated carbocycles. The Morgan fingerprint density at radius 2 is 0.864 bits per heavy atom. The average molecular weight is 288 g/mol. The van der Waals surface area contributed by atoms with Crippen LogP contribution in [0.15, 0.2) is 60.7 Å². The van der Waals surface area contributed by atoms with Gasteiger partial charge in [0.25, 0.3) is 0 Å². The molecule has 0 aromatic heterocycles. The SMILES string of the molecule is Cc1ccc(C2=CC=C(c3ccc(C)cc3)[C@H](C)[C@@H]2C)cc1. The van der Waals surface area contributed by atoms with Crippen LogP contribution in [0.1, 0.15) is 36.1 Å². The molecule has 0 nitrogen and oxygen atoms in total. The number of hydrogen-bond acceptors (Lipinski definition) is 0. The van der Waals surface area contributed by atoms with Gasteiger partial charge in [0.05, 0.1) is 0 Å². The van der Waals surface area contributed by atoms with Gasteiger partial charge in [-0.1, -0.05) is 85.7 Å². The van der Waals surface area contributed by atoms with E-state index < -0.39 is 0 Å². The van der Waals surface area contributed by atoms with Gasteiger partial charge in [0.1, 0.15) is 0 Å². The fraction of sp³-hybridized carbons (Fsp3) is 0.273. The van der Waals surface area contributed by atoms with Gasteiger partial charge < -0.3 is 0 Å². The molecule has 22 heavy (non-hydrogen) atoms. The van der Waals surface area contributed by atoms with Crippen LogP contribution in [0.2, 0.25) is 0 Å². The minimum Gasteiger partial charge on any atom is -0.0587 e. The molecule has 2 aromatic carbocycles. The van der Waals surface area contributed by atoms with E-state index in [1.54, 1.807) is 0 Å². The number of hydrogen-bond donors (Lipinski definition) is 0. The van der Waals surface area contributed by atoms with Gasteiger partial charge >= 0.3 is 0 Å². The largest absolute Gasteiger partial charge is 0.0587 e. The van der Waals surface area contributed by atoms with Crippen molar-refractivity contribution in [3.8, 4) is 0 Å². The minimum atomic E-state index is 0.531. The van der Waals surface area contributed by atoms with Crippen molar-refractivity contribution in [2.45, 2.75) is 27.7 Å². The second kappa shape index (κ2) is 5.96. The van der Waals surface area contributed by atoms with Crippen LogP contribution in [0.25, 0.3) is 11.1 Å². The summed E-state index contributed by atoms with van der Waals surface area (Å²) in [5.74, 6) is 1.06. The van der Waals surface area contributed by atoms with E-state index in [9.17, 15) is 0 Å². The van der Waals surface area contributed by atoms with E-state index in [-0.39, 0.29) is 0 Å². The third-order valence-corrected chi connectivity index (χ3v) is 4.94. The van der Waals surface area contributed by atoms with E-state index >= 15 is 0 Å². The molecule has 0 saturated heterocycles. The summed E-state index contributed by atoms with van der Waals surface area (Å²) in [7, 11) is 0. The zero-order valence-electron chi connectivity index (χ0n) is 13.9. The summed E-state index contributed by atoms with van der Waals surface area (Å²) in [5, 5.41) is 0. The molecule has 3 rings (SSSR count). The molecule has 1 aliphatic rings. The van der Waals surface area contributed by atoms with Gasteiger partial charge in [-0.2, -0.15) is 0 Å². The third kappa shape index (κ3) is 2.78. The summed E-state index contributed by atoms with van der Waals surface area (Å²) < 4.78 is 0. The molecule has 2 aromatic rings. The summed E-state index contributed by atoms with van der Waals surface area (Å²) in [6, 6.07) is 17.8. The lowest BCUT2D eigenvalue weighted by molar-refractivity contribution is 0.584. The highest BCUT2D eigenvalue weighted by Crippen LogP contribution is 2.40. The Kier molecular flexibility index (Phi) is 4.02. The predicted molar refractivity (Wildman–Crippen MR) is 96.6 cm³/mol. The van der Waals surface area contributed by atoms with Crippen LogP contribution in [-0.2, 0) is 0 Å². The molecule has 0 heteroatoms. The maximum atomic E-state index is 2.34. The van der Waals surface area contributed by atoms with Crippen molar-refractivity contribution in [1.29, 1.82) is 0 Å². The maximum absolute atomic E-state index is 2.34. The molecule has 1 aliphatic carbocycles. The zero-order chi connectivity index (χ0) is 15.7. The van der Waals surface area contributed by atoms with Crippen LogP contribution < -0.4 is 0 Å². The quantitative estimate of drug-likeness (QED) is 0.630. The third-order valence-electron chi connectivity index (χ3n) is 4.94. The van der Waals surface area contributed by atoms with Crippen molar-refractivity contribution in [3.63, 3.8) is 0 Å². The fourth-order valence-corrected chi connectivity index (χ4v) is 3.23. The van der Waals surface area contributed by atoms with Crippen molar-refractivity contribution in [2.24, 2.45) is 11.8 Å². The van der Waals surface area contributed by atoms with Crippen LogP contribution in [-0.4, -0.2) is 0 Å². The second-order valence-electron chi connectivity index (χ2n) is 6.55. The molecule has 112 valence electrons. The molecular weight excluding hydrogens is 264 g/mol. The summed E-state index contributed by atoms with van der Waals surface area (Å²) >= 11 is 0. The van der Waals surface area contributed by atoms with Crippen LogP contribution in [0.3, 0.4) is 0 Å². The van der Waals surface area contributed by atoms with Crippen LogP contribution >= 0.6 is 0 Å². The van der Waals surface area contributed by atoms with E-state index in [0.717, 1.165) is 0 Å². The molecule has 0 aliphatic heterocycles. The first-order valence-corrected chi connectivity index (χ1v) is 8.12. The van der Waals surface area contributed by atoms with E-state index in [1.165, 1.54) is 33.4 Å². The molecule has 2 atom stereocenters. The monoisotopic (exact) mass is 288 g/mol. The van der Waals surface area contributed by atoms with Gasteiger partial charge in [0.15, 0.2) is 0 Å². The number of benzene rings is 2. The Bertz CT molecular complexity index is 646. The Morgan fingerprint density at radius 1 is 0.545 bits per heavy atom. The first-order chi connectivity index (χ1) is 10.6. The molecule has 0 fully saturated rings. The lowest BCUT2D eigenvalue weighted by atomic mass is 9.75. The van der Waals surface area contributed by atoms with Gasteiger partial charge in [-0.3, -0.25) is 0 Å². The van der Waals surface area contributed by atoms with Gasteiger partial charge in [-0.15, -0.1) is 0 Å². The first kappa shape index (κ1) is 14.8. The maximum Gasteiger partial charge on any atom is -0.0118 e. The standard InChI is InChI=1S/C22H24/c1-15-5-9-19(10-6-15)21-13-14-22(18(4)17(21)3)20-11-7-16(2)8-12-20/h5-14,17-18H,1-4H3/t17-,18+. The Hall–Kier alpha value is -2.08. The van der Waals surface area contributed by atoms with E-state index in [4.69, 9.17) is 0 Å². The van der Waals surface area contributed by atoms with Gasteiger partial charge in [-0.05, 0) is 48.0 Å². The normalized spacial score (nSPS) is 21.3. The number of allylic oxidation sites excluding steroid dienone is 4. The topological polar surface area (TPSA) is 0 Å². The Labute approximate surface area is 134 Å².